The summed E-state index contributed by atoms with van der Waals surface area (Å²) in [5.41, 5.74) is 1.94. The number of aromatic nitrogens is 4. The second-order valence-electron chi connectivity index (χ2n) is 6.24. The monoisotopic (exact) mass is 324 g/mol. The van der Waals surface area contributed by atoms with Crippen molar-refractivity contribution in [1.82, 2.24) is 25.1 Å². The van der Waals surface area contributed by atoms with Crippen LogP contribution in [-0.2, 0) is 10.3 Å². The van der Waals surface area contributed by atoms with Crippen molar-refractivity contribution >= 4 is 22.6 Å². The first kappa shape index (κ1) is 14.9. The lowest BCUT2D eigenvalue weighted by Crippen LogP contribution is -2.52. The molecule has 2 aromatic heterocycles. The minimum atomic E-state index is -0.645. The molecule has 7 heteroatoms. The molecule has 1 fully saturated rings. The molecule has 0 aliphatic carbocycles. The number of nitrogens with zero attached hydrogens (tertiary/aromatic N) is 3. The molecule has 4 rings (SSSR count). The molecule has 1 amide bonds. The van der Waals surface area contributed by atoms with Gasteiger partial charge in [-0.3, -0.25) is 9.48 Å². The van der Waals surface area contributed by atoms with Crippen molar-refractivity contribution in [3.63, 3.8) is 0 Å². The molecular formula is C17H20N6O. The minimum absolute atomic E-state index is 0.0247. The number of amides is 1. The third-order valence-electron chi connectivity index (χ3n) is 4.65. The summed E-state index contributed by atoms with van der Waals surface area (Å²) < 4.78 is 1.79. The standard InChI is InChI=1S/C17H20N6O/c1-12-20-14-4-3-13(11-15(14)21-12)22-16(24)17(5-8-18-9-6-17)23-10-2-7-19-23/h2-4,7,10-11,18H,5-6,8-9H2,1H3,(H,20,21)(H,22,24). The topological polar surface area (TPSA) is 87.6 Å². The van der Waals surface area contributed by atoms with E-state index in [-0.39, 0.29) is 5.91 Å². The van der Waals surface area contributed by atoms with Gasteiger partial charge in [-0.25, -0.2) is 4.98 Å². The second kappa shape index (κ2) is 5.76. The van der Waals surface area contributed by atoms with Gasteiger partial charge in [-0.2, -0.15) is 5.10 Å². The average molecular weight is 324 g/mol. The van der Waals surface area contributed by atoms with E-state index in [1.54, 1.807) is 10.9 Å². The van der Waals surface area contributed by atoms with E-state index in [2.05, 4.69) is 25.7 Å². The fourth-order valence-corrected chi connectivity index (χ4v) is 3.38. The molecule has 1 aliphatic rings. The van der Waals surface area contributed by atoms with Gasteiger partial charge < -0.3 is 15.6 Å². The number of fused-ring (bicyclic) bond motifs is 1. The number of carbonyl (C=O) groups excluding carboxylic acids is 1. The Kier molecular flexibility index (Phi) is 3.57. The molecule has 1 aliphatic heterocycles. The predicted octanol–water partition coefficient (Wildman–Crippen LogP) is 1.79. The first-order chi connectivity index (χ1) is 11.7. The van der Waals surface area contributed by atoms with E-state index in [0.717, 1.165) is 35.6 Å². The number of aryl methyl sites for hydroxylation is 1. The third-order valence-corrected chi connectivity index (χ3v) is 4.65. The first-order valence-electron chi connectivity index (χ1n) is 8.16. The van der Waals surface area contributed by atoms with Crippen molar-refractivity contribution in [2.24, 2.45) is 0 Å². The lowest BCUT2D eigenvalue weighted by molar-refractivity contribution is -0.126. The average Bonchev–Trinajstić information content (AvgIpc) is 3.24. The molecule has 0 radical (unpaired) electrons. The molecule has 24 heavy (non-hydrogen) atoms. The van der Waals surface area contributed by atoms with Gasteiger partial charge in [0.25, 0.3) is 5.91 Å². The van der Waals surface area contributed by atoms with E-state index in [1.165, 1.54) is 0 Å². The SMILES string of the molecule is Cc1nc2ccc(NC(=O)C3(n4cccn4)CCNCC3)cc2[nH]1. The molecule has 3 N–H and O–H groups in total. The Morgan fingerprint density at radius 2 is 2.17 bits per heavy atom. The summed E-state index contributed by atoms with van der Waals surface area (Å²) in [7, 11) is 0. The number of benzene rings is 1. The summed E-state index contributed by atoms with van der Waals surface area (Å²) >= 11 is 0. The number of imidazole rings is 1. The molecule has 3 heterocycles. The van der Waals surface area contributed by atoms with E-state index in [4.69, 9.17) is 0 Å². The summed E-state index contributed by atoms with van der Waals surface area (Å²) in [4.78, 5) is 20.7. The van der Waals surface area contributed by atoms with Gasteiger partial charge in [0.05, 0.1) is 11.0 Å². The normalized spacial score (nSPS) is 17.0. The Labute approximate surface area is 139 Å². The van der Waals surface area contributed by atoms with Crippen molar-refractivity contribution in [2.45, 2.75) is 25.3 Å². The van der Waals surface area contributed by atoms with Crippen molar-refractivity contribution in [3.05, 3.63) is 42.5 Å². The van der Waals surface area contributed by atoms with Crippen LogP contribution in [0.5, 0.6) is 0 Å². The predicted molar refractivity (Wildman–Crippen MR) is 91.8 cm³/mol. The summed E-state index contributed by atoms with van der Waals surface area (Å²) in [5.74, 6) is 0.836. The Bertz CT molecular complexity index is 860. The van der Waals surface area contributed by atoms with E-state index < -0.39 is 5.54 Å². The smallest absolute Gasteiger partial charge is 0.252 e. The molecule has 124 valence electrons. The molecule has 0 unspecified atom stereocenters. The van der Waals surface area contributed by atoms with Gasteiger partial charge in [-0.1, -0.05) is 0 Å². The fourth-order valence-electron chi connectivity index (χ4n) is 3.38. The number of piperidine rings is 1. The van der Waals surface area contributed by atoms with Crippen molar-refractivity contribution in [3.8, 4) is 0 Å². The number of aromatic amines is 1. The number of nitrogens with one attached hydrogen (secondary N) is 3. The Balaban J connectivity index is 1.64. The van der Waals surface area contributed by atoms with E-state index in [1.807, 2.05) is 37.4 Å². The lowest BCUT2D eigenvalue weighted by Gasteiger charge is -2.36. The highest BCUT2D eigenvalue weighted by Crippen LogP contribution is 2.29. The van der Waals surface area contributed by atoms with E-state index in [9.17, 15) is 4.79 Å². The lowest BCUT2D eigenvalue weighted by atomic mass is 9.87. The van der Waals surface area contributed by atoms with Gasteiger partial charge in [-0.05, 0) is 57.1 Å². The molecule has 1 aromatic carbocycles. The number of hydrogen-bond acceptors (Lipinski definition) is 4. The fraction of sp³-hybridized carbons (Fsp3) is 0.353. The maximum atomic E-state index is 13.1. The highest BCUT2D eigenvalue weighted by atomic mass is 16.2. The zero-order valence-electron chi connectivity index (χ0n) is 13.5. The van der Waals surface area contributed by atoms with Crippen LogP contribution in [0.4, 0.5) is 5.69 Å². The summed E-state index contributed by atoms with van der Waals surface area (Å²) in [6.07, 6.45) is 5.01. The number of hydrogen-bond donors (Lipinski definition) is 3. The van der Waals surface area contributed by atoms with E-state index >= 15 is 0 Å². The van der Waals surface area contributed by atoms with Crippen molar-refractivity contribution in [1.29, 1.82) is 0 Å². The Morgan fingerprint density at radius 1 is 1.33 bits per heavy atom. The molecule has 0 atom stereocenters. The van der Waals surface area contributed by atoms with Gasteiger partial charge in [0, 0.05) is 18.1 Å². The molecular weight excluding hydrogens is 304 g/mol. The summed E-state index contributed by atoms with van der Waals surface area (Å²) in [6, 6.07) is 7.58. The van der Waals surface area contributed by atoms with Crippen LogP contribution < -0.4 is 10.6 Å². The largest absolute Gasteiger partial charge is 0.342 e. The van der Waals surface area contributed by atoms with Crippen LogP contribution >= 0.6 is 0 Å². The summed E-state index contributed by atoms with van der Waals surface area (Å²) in [5, 5.41) is 10.7. The quantitative estimate of drug-likeness (QED) is 0.685. The van der Waals surface area contributed by atoms with Gasteiger partial charge in [-0.15, -0.1) is 0 Å². The van der Waals surface area contributed by atoms with Crippen LogP contribution in [0.15, 0.2) is 36.7 Å². The zero-order chi connectivity index (χ0) is 16.6. The van der Waals surface area contributed by atoms with Gasteiger partial charge in [0.15, 0.2) is 0 Å². The van der Waals surface area contributed by atoms with Crippen molar-refractivity contribution < 1.29 is 4.79 Å². The Morgan fingerprint density at radius 3 is 2.92 bits per heavy atom. The van der Waals surface area contributed by atoms with Crippen molar-refractivity contribution in [2.75, 3.05) is 18.4 Å². The molecule has 3 aromatic rings. The maximum absolute atomic E-state index is 13.1. The van der Waals surface area contributed by atoms with Crippen LogP contribution in [0.3, 0.4) is 0 Å². The molecule has 0 spiro atoms. The Hall–Kier alpha value is -2.67. The van der Waals surface area contributed by atoms with Crippen LogP contribution in [-0.4, -0.2) is 38.7 Å². The van der Waals surface area contributed by atoms with Crippen LogP contribution in [0.1, 0.15) is 18.7 Å². The summed E-state index contributed by atoms with van der Waals surface area (Å²) in [6.45, 7) is 3.51. The van der Waals surface area contributed by atoms with Gasteiger partial charge in [0.2, 0.25) is 0 Å². The van der Waals surface area contributed by atoms with Crippen LogP contribution in [0.2, 0.25) is 0 Å². The molecule has 7 nitrogen and oxygen atoms in total. The zero-order valence-corrected chi connectivity index (χ0v) is 13.5. The highest BCUT2D eigenvalue weighted by molar-refractivity contribution is 5.98. The van der Waals surface area contributed by atoms with Crippen LogP contribution in [0, 0.1) is 6.92 Å². The number of rotatable bonds is 3. The molecule has 1 saturated heterocycles. The second-order valence-corrected chi connectivity index (χ2v) is 6.24. The first-order valence-corrected chi connectivity index (χ1v) is 8.16. The maximum Gasteiger partial charge on any atom is 0.252 e. The molecule has 0 bridgehead atoms. The van der Waals surface area contributed by atoms with Gasteiger partial charge in [0.1, 0.15) is 11.4 Å². The van der Waals surface area contributed by atoms with Crippen LogP contribution in [0.25, 0.3) is 11.0 Å². The van der Waals surface area contributed by atoms with E-state index in [0.29, 0.717) is 12.8 Å². The third kappa shape index (κ3) is 2.46. The highest BCUT2D eigenvalue weighted by Gasteiger charge is 2.42. The number of anilines is 1. The minimum Gasteiger partial charge on any atom is -0.342 e. The molecule has 0 saturated carbocycles. The van der Waals surface area contributed by atoms with Gasteiger partial charge >= 0.3 is 0 Å². The number of H-pyrrole nitrogens is 1. The number of carbonyl (C=O) groups is 1.